The fraction of sp³-hybridized carbons (Fsp3) is 0.273. The molecule has 5 nitrogen and oxygen atoms in total. The smallest absolute Gasteiger partial charge is 0.254 e. The van der Waals surface area contributed by atoms with Crippen molar-refractivity contribution in [2.24, 2.45) is 0 Å². The molecule has 0 spiro atoms. The van der Waals surface area contributed by atoms with Crippen molar-refractivity contribution in [3.63, 3.8) is 0 Å². The van der Waals surface area contributed by atoms with Crippen LogP contribution in [0, 0.1) is 13.8 Å². The highest BCUT2D eigenvalue weighted by Gasteiger charge is 2.21. The summed E-state index contributed by atoms with van der Waals surface area (Å²) in [7, 11) is 0. The molecule has 1 aliphatic rings. The summed E-state index contributed by atoms with van der Waals surface area (Å²) in [5.41, 5.74) is 5.05. The van der Waals surface area contributed by atoms with E-state index in [4.69, 9.17) is 9.26 Å². The quantitative estimate of drug-likeness (QED) is 0.702. The minimum absolute atomic E-state index is 0.0572. The van der Waals surface area contributed by atoms with Crippen molar-refractivity contribution in [3.05, 3.63) is 82.2 Å². The Hall–Kier alpha value is -3.08. The van der Waals surface area contributed by atoms with Gasteiger partial charge in [0.25, 0.3) is 5.91 Å². The molecule has 1 amide bonds. The summed E-state index contributed by atoms with van der Waals surface area (Å²) in [6, 6.07) is 15.6. The number of nitrogens with zero attached hydrogens (tertiary/aromatic N) is 2. The summed E-state index contributed by atoms with van der Waals surface area (Å²) < 4.78 is 11.0. The van der Waals surface area contributed by atoms with Crippen molar-refractivity contribution < 1.29 is 14.1 Å². The molecule has 0 fully saturated rings. The van der Waals surface area contributed by atoms with Crippen LogP contribution in [0.4, 0.5) is 0 Å². The van der Waals surface area contributed by atoms with Gasteiger partial charge >= 0.3 is 0 Å². The zero-order valence-corrected chi connectivity index (χ0v) is 15.6. The first kappa shape index (κ1) is 17.3. The number of amides is 1. The average molecular weight is 362 g/mol. The van der Waals surface area contributed by atoms with E-state index >= 15 is 0 Å². The molecule has 3 aromatic rings. The van der Waals surface area contributed by atoms with Gasteiger partial charge < -0.3 is 14.2 Å². The van der Waals surface area contributed by atoms with Gasteiger partial charge in [-0.05, 0) is 55.7 Å². The Morgan fingerprint density at radius 1 is 1.11 bits per heavy atom. The molecule has 1 aliphatic heterocycles. The van der Waals surface area contributed by atoms with E-state index in [2.05, 4.69) is 23.4 Å². The van der Waals surface area contributed by atoms with E-state index in [1.807, 2.05) is 49.1 Å². The number of ether oxygens (including phenoxy) is 1. The van der Waals surface area contributed by atoms with Crippen LogP contribution in [0.25, 0.3) is 0 Å². The van der Waals surface area contributed by atoms with Crippen molar-refractivity contribution in [1.82, 2.24) is 10.1 Å². The highest BCUT2D eigenvalue weighted by Crippen LogP contribution is 2.22. The molecular weight excluding hydrogens is 340 g/mol. The molecule has 0 radical (unpaired) electrons. The third-order valence-electron chi connectivity index (χ3n) is 5.08. The van der Waals surface area contributed by atoms with E-state index in [1.54, 1.807) is 0 Å². The van der Waals surface area contributed by atoms with E-state index < -0.39 is 0 Å². The van der Waals surface area contributed by atoms with Crippen LogP contribution in [-0.2, 0) is 19.6 Å². The summed E-state index contributed by atoms with van der Waals surface area (Å²) in [6.45, 7) is 5.59. The van der Waals surface area contributed by atoms with Gasteiger partial charge in [-0.2, -0.15) is 0 Å². The number of rotatable bonds is 4. The van der Waals surface area contributed by atoms with Crippen LogP contribution in [0.2, 0.25) is 0 Å². The molecule has 0 saturated carbocycles. The standard InChI is InChI=1S/C22H22N2O3/c1-15-21(16(2)27-23-15)14-26-20-9-7-18(8-10-20)22(25)24-12-11-17-5-3-4-6-19(17)13-24/h3-10H,11-14H2,1-2H3. The zero-order chi connectivity index (χ0) is 18.8. The minimum atomic E-state index is 0.0572. The molecule has 0 aliphatic carbocycles. The fourth-order valence-corrected chi connectivity index (χ4v) is 3.41. The second-order valence-corrected chi connectivity index (χ2v) is 6.86. The summed E-state index contributed by atoms with van der Waals surface area (Å²) in [5.74, 6) is 1.54. The van der Waals surface area contributed by atoms with Gasteiger partial charge in [0.05, 0.1) is 11.3 Å². The van der Waals surface area contributed by atoms with Crippen molar-refractivity contribution in [3.8, 4) is 5.75 Å². The largest absolute Gasteiger partial charge is 0.489 e. The number of carbonyl (C=O) groups is 1. The van der Waals surface area contributed by atoms with Crippen LogP contribution in [0.3, 0.4) is 0 Å². The second kappa shape index (κ2) is 7.27. The van der Waals surface area contributed by atoms with E-state index in [1.165, 1.54) is 11.1 Å². The Morgan fingerprint density at radius 3 is 2.56 bits per heavy atom. The number of carbonyl (C=O) groups excluding carboxylic acids is 1. The molecule has 0 saturated heterocycles. The third kappa shape index (κ3) is 3.58. The second-order valence-electron chi connectivity index (χ2n) is 6.86. The van der Waals surface area contributed by atoms with Gasteiger partial charge in [0.15, 0.2) is 0 Å². The first-order chi connectivity index (χ1) is 13.1. The van der Waals surface area contributed by atoms with Gasteiger partial charge in [0.2, 0.25) is 0 Å². The van der Waals surface area contributed by atoms with Gasteiger partial charge in [-0.1, -0.05) is 29.4 Å². The van der Waals surface area contributed by atoms with E-state index in [0.717, 1.165) is 35.7 Å². The van der Waals surface area contributed by atoms with Gasteiger partial charge in [-0.3, -0.25) is 4.79 Å². The number of hydrogen-bond acceptors (Lipinski definition) is 4. The van der Waals surface area contributed by atoms with E-state index in [0.29, 0.717) is 18.7 Å². The maximum Gasteiger partial charge on any atom is 0.254 e. The van der Waals surface area contributed by atoms with E-state index in [-0.39, 0.29) is 5.91 Å². The first-order valence-electron chi connectivity index (χ1n) is 9.12. The predicted octanol–water partition coefficient (Wildman–Crippen LogP) is 4.07. The molecule has 138 valence electrons. The zero-order valence-electron chi connectivity index (χ0n) is 15.6. The molecule has 0 bridgehead atoms. The summed E-state index contributed by atoms with van der Waals surface area (Å²) >= 11 is 0. The number of benzene rings is 2. The Bertz CT molecular complexity index is 940. The minimum Gasteiger partial charge on any atom is -0.489 e. The molecule has 1 aromatic heterocycles. The Morgan fingerprint density at radius 2 is 1.85 bits per heavy atom. The Kier molecular flexibility index (Phi) is 4.67. The van der Waals surface area contributed by atoms with Crippen LogP contribution in [0.1, 0.15) is 38.5 Å². The van der Waals surface area contributed by atoms with Crippen LogP contribution in [0.5, 0.6) is 5.75 Å². The van der Waals surface area contributed by atoms with Crippen molar-refractivity contribution in [2.75, 3.05) is 6.54 Å². The monoisotopic (exact) mass is 362 g/mol. The lowest BCUT2D eigenvalue weighted by atomic mass is 9.99. The van der Waals surface area contributed by atoms with E-state index in [9.17, 15) is 4.79 Å². The van der Waals surface area contributed by atoms with Gasteiger partial charge in [0, 0.05) is 18.7 Å². The number of fused-ring (bicyclic) bond motifs is 1. The molecule has 2 aromatic carbocycles. The maximum absolute atomic E-state index is 12.8. The third-order valence-corrected chi connectivity index (χ3v) is 5.08. The molecule has 0 unspecified atom stereocenters. The predicted molar refractivity (Wildman–Crippen MR) is 102 cm³/mol. The lowest BCUT2D eigenvalue weighted by molar-refractivity contribution is 0.0734. The first-order valence-corrected chi connectivity index (χ1v) is 9.12. The van der Waals surface area contributed by atoms with Gasteiger partial charge in [0.1, 0.15) is 18.1 Å². The summed E-state index contributed by atoms with van der Waals surface area (Å²) in [4.78, 5) is 14.7. The topological polar surface area (TPSA) is 55.6 Å². The SMILES string of the molecule is Cc1noc(C)c1COc1ccc(C(=O)N2CCc3ccccc3C2)cc1. The summed E-state index contributed by atoms with van der Waals surface area (Å²) in [6.07, 6.45) is 0.903. The van der Waals surface area contributed by atoms with Crippen LogP contribution < -0.4 is 4.74 Å². The van der Waals surface area contributed by atoms with Gasteiger partial charge in [-0.25, -0.2) is 0 Å². The Balaban J connectivity index is 1.41. The van der Waals surface area contributed by atoms with Crippen LogP contribution in [0.15, 0.2) is 53.1 Å². The van der Waals surface area contributed by atoms with Crippen LogP contribution in [-0.4, -0.2) is 22.5 Å². The molecule has 0 N–H and O–H groups in total. The van der Waals surface area contributed by atoms with Crippen molar-refractivity contribution >= 4 is 5.91 Å². The summed E-state index contributed by atoms with van der Waals surface area (Å²) in [5, 5.41) is 3.93. The highest BCUT2D eigenvalue weighted by atomic mass is 16.5. The van der Waals surface area contributed by atoms with Gasteiger partial charge in [-0.15, -0.1) is 0 Å². The molecule has 27 heavy (non-hydrogen) atoms. The Labute approximate surface area is 158 Å². The molecular formula is C22H22N2O3. The molecule has 0 atom stereocenters. The van der Waals surface area contributed by atoms with Crippen molar-refractivity contribution in [2.45, 2.75) is 33.4 Å². The average Bonchev–Trinajstić information content (AvgIpc) is 3.03. The fourth-order valence-electron chi connectivity index (χ4n) is 3.41. The molecule has 4 rings (SSSR count). The highest BCUT2D eigenvalue weighted by molar-refractivity contribution is 5.94. The number of hydrogen-bond donors (Lipinski definition) is 0. The van der Waals surface area contributed by atoms with Crippen LogP contribution >= 0.6 is 0 Å². The molecule has 5 heteroatoms. The maximum atomic E-state index is 12.8. The lowest BCUT2D eigenvalue weighted by Crippen LogP contribution is -2.35. The number of aryl methyl sites for hydroxylation is 2. The number of aromatic nitrogens is 1. The van der Waals surface area contributed by atoms with Crippen molar-refractivity contribution in [1.29, 1.82) is 0 Å². The lowest BCUT2D eigenvalue weighted by Gasteiger charge is -2.29. The molecule has 2 heterocycles. The normalized spacial score (nSPS) is 13.3.